The van der Waals surface area contributed by atoms with Crippen LogP contribution in [0.1, 0.15) is 25.8 Å². The molecule has 18 heavy (non-hydrogen) atoms. The first-order chi connectivity index (χ1) is 8.61. The normalized spacial score (nSPS) is 24.3. The van der Waals surface area contributed by atoms with Gasteiger partial charge in [-0.1, -0.05) is 13.8 Å². The molecule has 0 saturated carbocycles. The van der Waals surface area contributed by atoms with Gasteiger partial charge in [0.15, 0.2) is 0 Å². The molecule has 2 N–H and O–H groups in total. The van der Waals surface area contributed by atoms with Crippen molar-refractivity contribution in [3.05, 3.63) is 29.6 Å². The summed E-state index contributed by atoms with van der Waals surface area (Å²) in [6.07, 6.45) is 1.95. The fraction of sp³-hybridized carbons (Fsp3) is 0.600. The Labute approximate surface area is 109 Å². The van der Waals surface area contributed by atoms with E-state index in [1.807, 2.05) is 6.07 Å². The summed E-state index contributed by atoms with van der Waals surface area (Å²) < 4.78 is 13.3. The minimum atomic E-state index is -0.166. The molecule has 3 heteroatoms. The Bertz CT molecular complexity index is 405. The maximum Gasteiger partial charge on any atom is 0.123 e. The van der Waals surface area contributed by atoms with E-state index in [4.69, 9.17) is 5.73 Å². The number of anilines is 1. The number of benzene rings is 1. The van der Waals surface area contributed by atoms with E-state index in [0.29, 0.717) is 12.5 Å². The van der Waals surface area contributed by atoms with Crippen LogP contribution in [0.3, 0.4) is 0 Å². The molecule has 0 bridgehead atoms. The summed E-state index contributed by atoms with van der Waals surface area (Å²) >= 11 is 0. The predicted octanol–water partition coefficient (Wildman–Crippen LogP) is 2.81. The van der Waals surface area contributed by atoms with Crippen LogP contribution in [0.25, 0.3) is 0 Å². The van der Waals surface area contributed by atoms with E-state index in [9.17, 15) is 4.39 Å². The molecule has 2 rings (SSSR count). The average molecular weight is 250 g/mol. The van der Waals surface area contributed by atoms with Crippen LogP contribution in [0, 0.1) is 17.7 Å². The van der Waals surface area contributed by atoms with Crippen LogP contribution < -0.4 is 10.6 Å². The van der Waals surface area contributed by atoms with Gasteiger partial charge < -0.3 is 10.6 Å². The molecular weight excluding hydrogens is 227 g/mol. The molecule has 1 fully saturated rings. The van der Waals surface area contributed by atoms with Crippen molar-refractivity contribution in [2.45, 2.75) is 26.7 Å². The number of rotatable bonds is 3. The molecule has 1 aromatic carbocycles. The minimum Gasteiger partial charge on any atom is -0.371 e. The van der Waals surface area contributed by atoms with Gasteiger partial charge in [0, 0.05) is 18.8 Å². The molecule has 2 atom stereocenters. The molecule has 0 amide bonds. The Morgan fingerprint density at radius 3 is 2.78 bits per heavy atom. The number of halogens is 1. The van der Waals surface area contributed by atoms with E-state index in [1.165, 1.54) is 12.1 Å². The highest BCUT2D eigenvalue weighted by molar-refractivity contribution is 5.54. The fourth-order valence-electron chi connectivity index (χ4n) is 2.70. The molecule has 1 aliphatic rings. The predicted molar refractivity (Wildman–Crippen MR) is 74.3 cm³/mol. The van der Waals surface area contributed by atoms with Crippen LogP contribution >= 0.6 is 0 Å². The van der Waals surface area contributed by atoms with Crippen molar-refractivity contribution in [2.75, 3.05) is 24.5 Å². The van der Waals surface area contributed by atoms with Gasteiger partial charge in [-0.05, 0) is 55.0 Å². The van der Waals surface area contributed by atoms with Gasteiger partial charge in [0.05, 0.1) is 0 Å². The second-order valence-corrected chi connectivity index (χ2v) is 5.50. The van der Waals surface area contributed by atoms with Crippen LogP contribution in [-0.4, -0.2) is 19.6 Å². The molecule has 0 spiro atoms. The lowest BCUT2D eigenvalue weighted by molar-refractivity contribution is 0.323. The Morgan fingerprint density at radius 1 is 1.33 bits per heavy atom. The molecule has 1 saturated heterocycles. The molecule has 0 radical (unpaired) electrons. The standard InChI is InChI=1S/C15H23FN2/c1-11-6-8-18(10-12(11)2)15-4-3-14(16)9-13(15)5-7-17/h3-4,9,11-12H,5-8,10,17H2,1-2H3. The smallest absolute Gasteiger partial charge is 0.123 e. The van der Waals surface area contributed by atoms with E-state index in [1.54, 1.807) is 12.1 Å². The number of hydrogen-bond acceptors (Lipinski definition) is 2. The third-order valence-electron chi connectivity index (χ3n) is 4.13. The third kappa shape index (κ3) is 2.83. The largest absolute Gasteiger partial charge is 0.371 e. The maximum absolute atomic E-state index is 13.3. The van der Waals surface area contributed by atoms with Crippen LogP contribution in [0.2, 0.25) is 0 Å². The lowest BCUT2D eigenvalue weighted by Gasteiger charge is -2.37. The monoisotopic (exact) mass is 250 g/mol. The summed E-state index contributed by atoms with van der Waals surface area (Å²) in [5.74, 6) is 1.30. The number of nitrogens with two attached hydrogens (primary N) is 1. The van der Waals surface area contributed by atoms with Crippen molar-refractivity contribution in [3.63, 3.8) is 0 Å². The minimum absolute atomic E-state index is 0.166. The first-order valence-electron chi connectivity index (χ1n) is 6.85. The van der Waals surface area contributed by atoms with Crippen molar-refractivity contribution >= 4 is 5.69 Å². The highest BCUT2D eigenvalue weighted by atomic mass is 19.1. The molecule has 0 aromatic heterocycles. The van der Waals surface area contributed by atoms with E-state index in [-0.39, 0.29) is 5.82 Å². The van der Waals surface area contributed by atoms with Gasteiger partial charge in [0.2, 0.25) is 0 Å². The van der Waals surface area contributed by atoms with Gasteiger partial charge >= 0.3 is 0 Å². The zero-order valence-corrected chi connectivity index (χ0v) is 11.3. The summed E-state index contributed by atoms with van der Waals surface area (Å²) in [5.41, 5.74) is 7.83. The summed E-state index contributed by atoms with van der Waals surface area (Å²) in [6.45, 7) is 7.30. The van der Waals surface area contributed by atoms with Gasteiger partial charge in [0.25, 0.3) is 0 Å². The van der Waals surface area contributed by atoms with E-state index < -0.39 is 0 Å². The Morgan fingerprint density at radius 2 is 2.11 bits per heavy atom. The molecule has 1 aromatic rings. The Balaban J connectivity index is 2.22. The molecule has 2 nitrogen and oxygen atoms in total. The first kappa shape index (κ1) is 13.3. The summed E-state index contributed by atoms with van der Waals surface area (Å²) in [5, 5.41) is 0. The average Bonchev–Trinajstić information content (AvgIpc) is 2.34. The van der Waals surface area contributed by atoms with Gasteiger partial charge in [-0.3, -0.25) is 0 Å². The van der Waals surface area contributed by atoms with E-state index in [2.05, 4.69) is 18.7 Å². The highest BCUT2D eigenvalue weighted by Crippen LogP contribution is 2.29. The maximum atomic E-state index is 13.3. The topological polar surface area (TPSA) is 29.3 Å². The molecule has 2 unspecified atom stereocenters. The zero-order chi connectivity index (χ0) is 13.1. The van der Waals surface area contributed by atoms with Crippen molar-refractivity contribution in [3.8, 4) is 0 Å². The zero-order valence-electron chi connectivity index (χ0n) is 11.3. The Kier molecular flexibility index (Phi) is 4.23. The molecular formula is C15H23FN2. The lowest BCUT2D eigenvalue weighted by atomic mass is 9.88. The summed E-state index contributed by atoms with van der Waals surface area (Å²) in [7, 11) is 0. The van der Waals surface area contributed by atoms with Crippen LogP contribution in [0.5, 0.6) is 0 Å². The molecule has 0 aliphatic carbocycles. The number of piperidine rings is 1. The second kappa shape index (κ2) is 5.70. The molecule has 1 aliphatic heterocycles. The lowest BCUT2D eigenvalue weighted by Crippen LogP contribution is -2.39. The van der Waals surface area contributed by atoms with Crippen molar-refractivity contribution in [1.82, 2.24) is 0 Å². The SMILES string of the molecule is CC1CCN(c2ccc(F)cc2CCN)CC1C. The van der Waals surface area contributed by atoms with Crippen LogP contribution in [-0.2, 0) is 6.42 Å². The molecule has 100 valence electrons. The Hall–Kier alpha value is -1.09. The van der Waals surface area contributed by atoms with Gasteiger partial charge in [-0.15, -0.1) is 0 Å². The van der Waals surface area contributed by atoms with Gasteiger partial charge in [-0.25, -0.2) is 4.39 Å². The fourth-order valence-corrected chi connectivity index (χ4v) is 2.70. The van der Waals surface area contributed by atoms with Gasteiger partial charge in [0.1, 0.15) is 5.82 Å². The van der Waals surface area contributed by atoms with Crippen molar-refractivity contribution < 1.29 is 4.39 Å². The number of nitrogens with zero attached hydrogens (tertiary/aromatic N) is 1. The van der Waals surface area contributed by atoms with Crippen molar-refractivity contribution in [1.29, 1.82) is 0 Å². The van der Waals surface area contributed by atoms with E-state index in [0.717, 1.165) is 31.0 Å². The third-order valence-corrected chi connectivity index (χ3v) is 4.13. The highest BCUT2D eigenvalue weighted by Gasteiger charge is 2.24. The molecule has 1 heterocycles. The summed E-state index contributed by atoms with van der Waals surface area (Å²) in [6, 6.07) is 5.09. The van der Waals surface area contributed by atoms with Crippen molar-refractivity contribution in [2.24, 2.45) is 17.6 Å². The van der Waals surface area contributed by atoms with Gasteiger partial charge in [-0.2, -0.15) is 0 Å². The first-order valence-corrected chi connectivity index (χ1v) is 6.85. The summed E-state index contributed by atoms with van der Waals surface area (Å²) in [4.78, 5) is 2.38. The van der Waals surface area contributed by atoms with Crippen LogP contribution in [0.15, 0.2) is 18.2 Å². The second-order valence-electron chi connectivity index (χ2n) is 5.50. The quantitative estimate of drug-likeness (QED) is 0.894. The van der Waals surface area contributed by atoms with Crippen LogP contribution in [0.4, 0.5) is 10.1 Å². The van der Waals surface area contributed by atoms with E-state index >= 15 is 0 Å². The number of hydrogen-bond donors (Lipinski definition) is 1.